The molecular weight excluding hydrogens is 325 g/mol. The number of hydrogen-bond donors (Lipinski definition) is 1. The van der Waals surface area contributed by atoms with Gasteiger partial charge in [0.05, 0.1) is 10.8 Å². The minimum atomic E-state index is -3.15. The molecule has 0 fully saturated rings. The SMILES string of the molecule is CS(=O)(=O)CC(NCc1ccc(Cl)c(F)c1)c1ccccc1. The predicted octanol–water partition coefficient (Wildman–Crippen LogP) is 3.35. The fourth-order valence-electron chi connectivity index (χ4n) is 2.15. The first-order valence-electron chi connectivity index (χ1n) is 6.75. The summed E-state index contributed by atoms with van der Waals surface area (Å²) >= 11 is 5.65. The van der Waals surface area contributed by atoms with E-state index in [-0.39, 0.29) is 16.8 Å². The largest absolute Gasteiger partial charge is 0.305 e. The van der Waals surface area contributed by atoms with Gasteiger partial charge in [-0.3, -0.25) is 0 Å². The van der Waals surface area contributed by atoms with Crippen molar-refractivity contribution in [3.63, 3.8) is 0 Å². The average molecular weight is 342 g/mol. The van der Waals surface area contributed by atoms with Crippen molar-refractivity contribution in [1.82, 2.24) is 5.32 Å². The molecule has 0 saturated carbocycles. The fraction of sp³-hybridized carbons (Fsp3) is 0.250. The fourth-order valence-corrected chi connectivity index (χ4v) is 3.19. The van der Waals surface area contributed by atoms with Crippen molar-refractivity contribution in [3.05, 3.63) is 70.5 Å². The van der Waals surface area contributed by atoms with Crippen LogP contribution in [0.2, 0.25) is 5.02 Å². The Bertz CT molecular complexity index is 735. The van der Waals surface area contributed by atoms with E-state index < -0.39 is 15.7 Å². The standard InChI is InChI=1S/C16H17ClFNO2S/c1-22(20,21)11-16(13-5-3-2-4-6-13)19-10-12-7-8-14(17)15(18)9-12/h2-9,16,19H,10-11H2,1H3. The summed E-state index contributed by atoms with van der Waals surface area (Å²) in [5.74, 6) is -0.507. The van der Waals surface area contributed by atoms with Crippen molar-refractivity contribution in [2.24, 2.45) is 0 Å². The summed E-state index contributed by atoms with van der Waals surface area (Å²) in [4.78, 5) is 0. The van der Waals surface area contributed by atoms with Gasteiger partial charge in [-0.25, -0.2) is 12.8 Å². The van der Waals surface area contributed by atoms with E-state index in [1.165, 1.54) is 18.4 Å². The first kappa shape index (κ1) is 16.9. The molecule has 0 amide bonds. The Hall–Kier alpha value is -1.43. The molecule has 0 heterocycles. The van der Waals surface area contributed by atoms with Gasteiger partial charge in [-0.05, 0) is 23.3 Å². The lowest BCUT2D eigenvalue weighted by Crippen LogP contribution is -2.27. The zero-order chi connectivity index (χ0) is 16.2. The molecule has 3 nitrogen and oxygen atoms in total. The highest BCUT2D eigenvalue weighted by atomic mass is 35.5. The Morgan fingerprint density at radius 3 is 2.45 bits per heavy atom. The number of benzene rings is 2. The maximum atomic E-state index is 13.4. The molecule has 2 aromatic rings. The van der Waals surface area contributed by atoms with Gasteiger partial charge in [0.2, 0.25) is 0 Å². The molecule has 1 unspecified atom stereocenters. The van der Waals surface area contributed by atoms with Crippen LogP contribution in [0.5, 0.6) is 0 Å². The monoisotopic (exact) mass is 341 g/mol. The minimum absolute atomic E-state index is 0.0207. The third-order valence-electron chi connectivity index (χ3n) is 3.21. The van der Waals surface area contributed by atoms with Crippen LogP contribution in [0.15, 0.2) is 48.5 Å². The van der Waals surface area contributed by atoms with Gasteiger partial charge in [0.15, 0.2) is 0 Å². The Labute approximate surface area is 135 Å². The molecule has 0 aromatic heterocycles. The van der Waals surface area contributed by atoms with Crippen LogP contribution in [0.4, 0.5) is 4.39 Å². The number of nitrogens with one attached hydrogen (secondary N) is 1. The smallest absolute Gasteiger partial charge is 0.149 e. The van der Waals surface area contributed by atoms with Crippen LogP contribution in [-0.2, 0) is 16.4 Å². The lowest BCUT2D eigenvalue weighted by Gasteiger charge is -2.18. The molecule has 0 aliphatic heterocycles. The Morgan fingerprint density at radius 1 is 1.18 bits per heavy atom. The molecule has 2 rings (SSSR count). The number of halogens is 2. The van der Waals surface area contributed by atoms with Crippen LogP contribution in [-0.4, -0.2) is 20.4 Å². The normalized spacial score (nSPS) is 13.0. The van der Waals surface area contributed by atoms with Gasteiger partial charge in [-0.15, -0.1) is 0 Å². The van der Waals surface area contributed by atoms with E-state index in [9.17, 15) is 12.8 Å². The first-order valence-corrected chi connectivity index (χ1v) is 9.19. The molecule has 0 bridgehead atoms. The van der Waals surface area contributed by atoms with Gasteiger partial charge in [0, 0.05) is 18.8 Å². The number of hydrogen-bond acceptors (Lipinski definition) is 3. The number of sulfone groups is 1. The van der Waals surface area contributed by atoms with E-state index in [0.29, 0.717) is 12.1 Å². The summed E-state index contributed by atoms with van der Waals surface area (Å²) < 4.78 is 36.7. The Balaban J connectivity index is 2.14. The maximum absolute atomic E-state index is 13.4. The molecule has 1 atom stereocenters. The summed E-state index contributed by atoms with van der Waals surface area (Å²) in [5.41, 5.74) is 1.58. The highest BCUT2D eigenvalue weighted by Crippen LogP contribution is 2.18. The van der Waals surface area contributed by atoms with Crippen LogP contribution in [0, 0.1) is 5.82 Å². The predicted molar refractivity (Wildman–Crippen MR) is 87.1 cm³/mol. The molecule has 0 aliphatic rings. The van der Waals surface area contributed by atoms with Gasteiger partial charge in [0.1, 0.15) is 15.7 Å². The molecule has 0 saturated heterocycles. The Morgan fingerprint density at radius 2 is 1.86 bits per heavy atom. The van der Waals surface area contributed by atoms with Crippen molar-refractivity contribution in [2.45, 2.75) is 12.6 Å². The highest BCUT2D eigenvalue weighted by Gasteiger charge is 2.17. The highest BCUT2D eigenvalue weighted by molar-refractivity contribution is 7.90. The molecule has 6 heteroatoms. The molecule has 1 N–H and O–H groups in total. The van der Waals surface area contributed by atoms with Crippen molar-refractivity contribution in [3.8, 4) is 0 Å². The van der Waals surface area contributed by atoms with Crippen LogP contribution < -0.4 is 5.32 Å². The van der Waals surface area contributed by atoms with Crippen LogP contribution in [0.1, 0.15) is 17.2 Å². The van der Waals surface area contributed by atoms with E-state index in [4.69, 9.17) is 11.6 Å². The maximum Gasteiger partial charge on any atom is 0.149 e. The molecule has 2 aromatic carbocycles. The third-order valence-corrected chi connectivity index (χ3v) is 4.45. The molecule has 118 valence electrons. The van der Waals surface area contributed by atoms with Crippen molar-refractivity contribution in [1.29, 1.82) is 0 Å². The molecule has 22 heavy (non-hydrogen) atoms. The minimum Gasteiger partial charge on any atom is -0.305 e. The lowest BCUT2D eigenvalue weighted by molar-refractivity contribution is 0.548. The summed E-state index contributed by atoms with van der Waals surface area (Å²) in [6, 6.07) is 13.5. The summed E-state index contributed by atoms with van der Waals surface area (Å²) in [5, 5.41) is 3.24. The second-order valence-electron chi connectivity index (χ2n) is 5.19. The summed E-state index contributed by atoms with van der Waals surface area (Å²) in [6.07, 6.45) is 1.20. The number of rotatable bonds is 6. The van der Waals surface area contributed by atoms with Crippen LogP contribution >= 0.6 is 11.6 Å². The Kier molecular flexibility index (Phi) is 5.56. The van der Waals surface area contributed by atoms with Gasteiger partial charge in [-0.1, -0.05) is 48.0 Å². The third kappa shape index (κ3) is 5.09. The van der Waals surface area contributed by atoms with E-state index in [1.54, 1.807) is 6.07 Å². The van der Waals surface area contributed by atoms with E-state index in [0.717, 1.165) is 5.56 Å². The van der Waals surface area contributed by atoms with Crippen molar-refractivity contribution >= 4 is 21.4 Å². The van der Waals surface area contributed by atoms with Gasteiger partial charge in [0.25, 0.3) is 0 Å². The molecule has 0 radical (unpaired) electrons. The summed E-state index contributed by atoms with van der Waals surface area (Å²) in [7, 11) is -3.15. The van der Waals surface area contributed by atoms with E-state index >= 15 is 0 Å². The quantitative estimate of drug-likeness (QED) is 0.876. The summed E-state index contributed by atoms with van der Waals surface area (Å²) in [6.45, 7) is 0.350. The van der Waals surface area contributed by atoms with Crippen molar-refractivity contribution in [2.75, 3.05) is 12.0 Å². The first-order chi connectivity index (χ1) is 10.3. The van der Waals surface area contributed by atoms with Crippen LogP contribution in [0.3, 0.4) is 0 Å². The second kappa shape index (κ2) is 7.22. The topological polar surface area (TPSA) is 46.2 Å². The van der Waals surface area contributed by atoms with E-state index in [2.05, 4.69) is 5.32 Å². The van der Waals surface area contributed by atoms with Crippen molar-refractivity contribution < 1.29 is 12.8 Å². The average Bonchev–Trinajstić information content (AvgIpc) is 2.47. The molecule has 0 aliphatic carbocycles. The zero-order valence-corrected chi connectivity index (χ0v) is 13.7. The van der Waals surface area contributed by atoms with E-state index in [1.807, 2.05) is 30.3 Å². The second-order valence-corrected chi connectivity index (χ2v) is 7.78. The molecule has 0 spiro atoms. The zero-order valence-electron chi connectivity index (χ0n) is 12.1. The van der Waals surface area contributed by atoms with Gasteiger partial charge in [-0.2, -0.15) is 0 Å². The lowest BCUT2D eigenvalue weighted by atomic mass is 10.1. The van der Waals surface area contributed by atoms with Gasteiger partial charge < -0.3 is 5.32 Å². The molecular formula is C16H17ClFNO2S. The van der Waals surface area contributed by atoms with Crippen LogP contribution in [0.25, 0.3) is 0 Å². The van der Waals surface area contributed by atoms with Gasteiger partial charge >= 0.3 is 0 Å².